The molecule has 0 aliphatic rings. The van der Waals surface area contributed by atoms with Crippen molar-refractivity contribution < 1.29 is 4.39 Å². The summed E-state index contributed by atoms with van der Waals surface area (Å²) >= 11 is 6.16. The van der Waals surface area contributed by atoms with Gasteiger partial charge in [-0.1, -0.05) is 25.4 Å². The Morgan fingerprint density at radius 1 is 1.39 bits per heavy atom. The second-order valence-corrected chi connectivity index (χ2v) is 4.94. The second kappa shape index (κ2) is 5.11. The van der Waals surface area contributed by atoms with Crippen LogP contribution in [0.4, 0.5) is 10.1 Å². The third-order valence-electron chi connectivity index (χ3n) is 2.84. The van der Waals surface area contributed by atoms with Crippen molar-refractivity contribution in [2.75, 3.05) is 11.9 Å². The molecule has 2 rings (SSSR count). The van der Waals surface area contributed by atoms with E-state index in [0.29, 0.717) is 15.9 Å². The standard InChI is InChI=1S/C14H16ClFN2/c1-4-17-12-7-11(8(2)3)18-14-10(16)6-5-9(15)13(12)14/h5-8H,4H2,1-3H3,(H,17,18). The van der Waals surface area contributed by atoms with E-state index < -0.39 is 0 Å². The molecule has 1 aromatic heterocycles. The van der Waals surface area contributed by atoms with Crippen LogP contribution >= 0.6 is 11.6 Å². The van der Waals surface area contributed by atoms with Gasteiger partial charge in [-0.2, -0.15) is 0 Å². The molecule has 0 saturated heterocycles. The molecule has 1 N–H and O–H groups in total. The SMILES string of the molecule is CCNc1cc(C(C)C)nc2c(F)ccc(Cl)c12. The Hall–Kier alpha value is -1.35. The van der Waals surface area contributed by atoms with Gasteiger partial charge in [0.1, 0.15) is 11.3 Å². The van der Waals surface area contributed by atoms with Crippen LogP contribution in [0.2, 0.25) is 5.02 Å². The van der Waals surface area contributed by atoms with Crippen LogP contribution < -0.4 is 5.32 Å². The highest BCUT2D eigenvalue weighted by Gasteiger charge is 2.14. The van der Waals surface area contributed by atoms with Crippen LogP contribution in [-0.4, -0.2) is 11.5 Å². The molecule has 0 bridgehead atoms. The lowest BCUT2D eigenvalue weighted by Crippen LogP contribution is -2.03. The predicted molar refractivity (Wildman–Crippen MR) is 75.0 cm³/mol. The van der Waals surface area contributed by atoms with Crippen molar-refractivity contribution in [2.45, 2.75) is 26.7 Å². The number of hydrogen-bond acceptors (Lipinski definition) is 2. The molecule has 0 spiro atoms. The van der Waals surface area contributed by atoms with Gasteiger partial charge in [-0.25, -0.2) is 9.37 Å². The fraction of sp³-hybridized carbons (Fsp3) is 0.357. The maximum absolute atomic E-state index is 13.9. The van der Waals surface area contributed by atoms with Gasteiger partial charge in [-0.15, -0.1) is 0 Å². The molecule has 1 heterocycles. The van der Waals surface area contributed by atoms with Gasteiger partial charge in [-0.05, 0) is 31.0 Å². The van der Waals surface area contributed by atoms with Gasteiger partial charge in [0.2, 0.25) is 0 Å². The molecule has 0 aliphatic heterocycles. The van der Waals surface area contributed by atoms with Crippen molar-refractivity contribution in [2.24, 2.45) is 0 Å². The van der Waals surface area contributed by atoms with Crippen LogP contribution in [0.5, 0.6) is 0 Å². The van der Waals surface area contributed by atoms with E-state index in [1.807, 2.05) is 26.8 Å². The smallest absolute Gasteiger partial charge is 0.149 e. The van der Waals surface area contributed by atoms with E-state index in [1.165, 1.54) is 6.07 Å². The van der Waals surface area contributed by atoms with E-state index in [4.69, 9.17) is 11.6 Å². The van der Waals surface area contributed by atoms with E-state index in [9.17, 15) is 4.39 Å². The molecule has 96 valence electrons. The Kier molecular flexibility index (Phi) is 3.71. The van der Waals surface area contributed by atoms with Crippen molar-refractivity contribution >= 4 is 28.2 Å². The fourth-order valence-electron chi connectivity index (χ4n) is 1.91. The highest BCUT2D eigenvalue weighted by atomic mass is 35.5. The topological polar surface area (TPSA) is 24.9 Å². The highest BCUT2D eigenvalue weighted by molar-refractivity contribution is 6.36. The molecule has 0 fully saturated rings. The number of fused-ring (bicyclic) bond motifs is 1. The number of hydrogen-bond donors (Lipinski definition) is 1. The summed E-state index contributed by atoms with van der Waals surface area (Å²) < 4.78 is 13.9. The average Bonchev–Trinajstić information content (AvgIpc) is 2.33. The number of rotatable bonds is 3. The Labute approximate surface area is 111 Å². The first-order valence-electron chi connectivity index (χ1n) is 6.07. The maximum Gasteiger partial charge on any atom is 0.149 e. The minimum Gasteiger partial charge on any atom is -0.385 e. The summed E-state index contributed by atoms with van der Waals surface area (Å²) in [5.74, 6) is -0.0961. The summed E-state index contributed by atoms with van der Waals surface area (Å²) in [4.78, 5) is 4.38. The van der Waals surface area contributed by atoms with E-state index >= 15 is 0 Å². The second-order valence-electron chi connectivity index (χ2n) is 4.53. The molecule has 0 amide bonds. The minimum atomic E-state index is -0.337. The quantitative estimate of drug-likeness (QED) is 0.879. The van der Waals surface area contributed by atoms with Crippen molar-refractivity contribution in [3.05, 3.63) is 34.7 Å². The summed E-state index contributed by atoms with van der Waals surface area (Å²) in [6.45, 7) is 6.82. The lowest BCUT2D eigenvalue weighted by Gasteiger charge is -2.14. The van der Waals surface area contributed by atoms with Gasteiger partial charge in [-0.3, -0.25) is 0 Å². The molecule has 0 unspecified atom stereocenters. The lowest BCUT2D eigenvalue weighted by atomic mass is 10.1. The third-order valence-corrected chi connectivity index (χ3v) is 3.15. The summed E-state index contributed by atoms with van der Waals surface area (Å²) in [6, 6.07) is 4.87. The predicted octanol–water partition coefficient (Wildman–Crippen LogP) is 4.58. The van der Waals surface area contributed by atoms with Crippen molar-refractivity contribution in [1.29, 1.82) is 0 Å². The first kappa shape index (κ1) is 13.1. The third kappa shape index (κ3) is 2.27. The van der Waals surface area contributed by atoms with Crippen molar-refractivity contribution in [1.82, 2.24) is 4.98 Å². The maximum atomic E-state index is 13.9. The van der Waals surface area contributed by atoms with Gasteiger partial charge >= 0.3 is 0 Å². The molecule has 0 atom stereocenters. The first-order chi connectivity index (χ1) is 8.54. The van der Waals surface area contributed by atoms with Crippen LogP contribution in [0.15, 0.2) is 18.2 Å². The number of nitrogens with one attached hydrogen (secondary N) is 1. The normalized spacial score (nSPS) is 11.2. The van der Waals surface area contributed by atoms with Crippen LogP contribution in [-0.2, 0) is 0 Å². The molecule has 18 heavy (non-hydrogen) atoms. The zero-order chi connectivity index (χ0) is 13.3. The molecule has 0 saturated carbocycles. The number of halogens is 2. The van der Waals surface area contributed by atoms with Crippen LogP contribution in [0.25, 0.3) is 10.9 Å². The van der Waals surface area contributed by atoms with Gasteiger partial charge in [0.05, 0.1) is 5.02 Å². The summed E-state index contributed by atoms with van der Waals surface area (Å²) in [7, 11) is 0. The van der Waals surface area contributed by atoms with Crippen LogP contribution in [0, 0.1) is 5.82 Å². The number of anilines is 1. The number of benzene rings is 1. The van der Waals surface area contributed by atoms with E-state index in [0.717, 1.165) is 17.9 Å². The van der Waals surface area contributed by atoms with Gasteiger partial charge < -0.3 is 5.32 Å². The summed E-state index contributed by atoms with van der Waals surface area (Å²) in [6.07, 6.45) is 0. The van der Waals surface area contributed by atoms with E-state index in [-0.39, 0.29) is 11.7 Å². The van der Waals surface area contributed by atoms with Crippen LogP contribution in [0.1, 0.15) is 32.4 Å². The number of nitrogens with zero attached hydrogens (tertiary/aromatic N) is 1. The summed E-state index contributed by atoms with van der Waals surface area (Å²) in [5.41, 5.74) is 2.04. The number of aromatic nitrogens is 1. The molecule has 1 aromatic carbocycles. The molecule has 2 aromatic rings. The Morgan fingerprint density at radius 2 is 2.11 bits per heavy atom. The van der Waals surface area contributed by atoms with Crippen molar-refractivity contribution in [3.63, 3.8) is 0 Å². The zero-order valence-corrected chi connectivity index (χ0v) is 11.5. The average molecular weight is 267 g/mol. The van der Waals surface area contributed by atoms with Gasteiger partial charge in [0.15, 0.2) is 0 Å². The van der Waals surface area contributed by atoms with Crippen LogP contribution in [0.3, 0.4) is 0 Å². The monoisotopic (exact) mass is 266 g/mol. The Bertz CT molecular complexity index is 582. The highest BCUT2D eigenvalue weighted by Crippen LogP contribution is 2.33. The Morgan fingerprint density at radius 3 is 2.72 bits per heavy atom. The zero-order valence-electron chi connectivity index (χ0n) is 10.7. The lowest BCUT2D eigenvalue weighted by molar-refractivity contribution is 0.635. The Balaban J connectivity index is 2.80. The minimum absolute atomic E-state index is 0.241. The van der Waals surface area contributed by atoms with Gasteiger partial charge in [0.25, 0.3) is 0 Å². The number of pyridine rings is 1. The molecule has 0 aliphatic carbocycles. The van der Waals surface area contributed by atoms with Crippen molar-refractivity contribution in [3.8, 4) is 0 Å². The van der Waals surface area contributed by atoms with Gasteiger partial charge in [0, 0.05) is 23.3 Å². The first-order valence-corrected chi connectivity index (χ1v) is 6.45. The van der Waals surface area contributed by atoms with E-state index in [1.54, 1.807) is 6.07 Å². The fourth-order valence-corrected chi connectivity index (χ4v) is 2.17. The molecular formula is C14H16ClFN2. The molecular weight excluding hydrogens is 251 g/mol. The van der Waals surface area contributed by atoms with E-state index in [2.05, 4.69) is 10.3 Å². The molecule has 0 radical (unpaired) electrons. The largest absolute Gasteiger partial charge is 0.385 e. The summed E-state index contributed by atoms with van der Waals surface area (Å²) in [5, 5.41) is 4.40. The molecule has 4 heteroatoms. The molecule has 2 nitrogen and oxygen atoms in total.